The minimum atomic E-state index is -0.735. The summed E-state index contributed by atoms with van der Waals surface area (Å²) in [6, 6.07) is 15.8. The number of esters is 1. The van der Waals surface area contributed by atoms with Crippen LogP contribution in [0, 0.1) is 0 Å². The Morgan fingerprint density at radius 3 is 2.72 bits per heavy atom. The summed E-state index contributed by atoms with van der Waals surface area (Å²) in [5, 5.41) is 3.00. The summed E-state index contributed by atoms with van der Waals surface area (Å²) in [6.45, 7) is 0.589. The van der Waals surface area contributed by atoms with Crippen LogP contribution in [0.4, 0.5) is 0 Å². The summed E-state index contributed by atoms with van der Waals surface area (Å²) < 4.78 is 5.33. The molecule has 1 aliphatic carbocycles. The number of carbonyl (C=O) groups is 2. The molecule has 1 amide bonds. The molecule has 0 bridgehead atoms. The summed E-state index contributed by atoms with van der Waals surface area (Å²) in [6.07, 6.45) is 3.03. The number of amides is 1. The number of hydrogen-bond donors (Lipinski definition) is 1. The highest BCUT2D eigenvalue weighted by Gasteiger charge is 2.31. The van der Waals surface area contributed by atoms with Gasteiger partial charge in [0.2, 0.25) is 0 Å². The molecule has 2 aromatic carbocycles. The molecule has 2 aliphatic rings. The molecule has 0 saturated carbocycles. The average Bonchev–Trinajstić information content (AvgIpc) is 2.66. The fourth-order valence-corrected chi connectivity index (χ4v) is 3.88. The molecule has 0 aromatic heterocycles. The number of hydrogen-bond acceptors (Lipinski definition) is 3. The third-order valence-corrected chi connectivity index (χ3v) is 5.20. The highest BCUT2D eigenvalue weighted by atomic mass is 16.5. The van der Waals surface area contributed by atoms with Gasteiger partial charge in [-0.25, -0.2) is 4.79 Å². The number of cyclic esters (lactones) is 1. The van der Waals surface area contributed by atoms with E-state index in [2.05, 4.69) is 29.6 Å². The van der Waals surface area contributed by atoms with Crippen molar-refractivity contribution in [1.82, 2.24) is 5.32 Å². The lowest BCUT2D eigenvalue weighted by molar-refractivity contribution is -0.130. The first kappa shape index (κ1) is 15.9. The Balaban J connectivity index is 1.42. The second-order valence-electron chi connectivity index (χ2n) is 6.79. The van der Waals surface area contributed by atoms with Gasteiger partial charge >= 0.3 is 5.97 Å². The number of benzene rings is 2. The predicted molar refractivity (Wildman–Crippen MR) is 94.5 cm³/mol. The Bertz CT molecular complexity index is 814. The maximum Gasteiger partial charge on any atom is 0.339 e. The van der Waals surface area contributed by atoms with Crippen LogP contribution in [0.25, 0.3) is 0 Å². The molecule has 0 spiro atoms. The van der Waals surface area contributed by atoms with Crippen LogP contribution in [-0.2, 0) is 22.4 Å². The number of carbonyl (C=O) groups excluding carboxylic acids is 2. The summed E-state index contributed by atoms with van der Waals surface area (Å²) in [7, 11) is 0. The zero-order valence-corrected chi connectivity index (χ0v) is 14.0. The first-order valence-corrected chi connectivity index (χ1v) is 8.87. The lowest BCUT2D eigenvalue weighted by atomic mass is 9.83. The minimum Gasteiger partial charge on any atom is -0.448 e. The molecule has 0 unspecified atom stereocenters. The van der Waals surface area contributed by atoms with Crippen molar-refractivity contribution in [3.05, 3.63) is 70.8 Å². The van der Waals surface area contributed by atoms with E-state index in [0.717, 1.165) is 24.8 Å². The molecule has 2 atom stereocenters. The smallest absolute Gasteiger partial charge is 0.339 e. The van der Waals surface area contributed by atoms with Crippen LogP contribution in [0.2, 0.25) is 0 Å². The van der Waals surface area contributed by atoms with Crippen LogP contribution < -0.4 is 5.32 Å². The number of nitrogens with one attached hydrogen (secondary N) is 1. The summed E-state index contributed by atoms with van der Waals surface area (Å²) in [5.41, 5.74) is 4.15. The van der Waals surface area contributed by atoms with Crippen molar-refractivity contribution in [1.29, 1.82) is 0 Å². The highest BCUT2D eigenvalue weighted by Crippen LogP contribution is 2.31. The van der Waals surface area contributed by atoms with Crippen LogP contribution in [0.1, 0.15) is 45.8 Å². The van der Waals surface area contributed by atoms with Gasteiger partial charge in [-0.1, -0.05) is 42.5 Å². The van der Waals surface area contributed by atoms with Gasteiger partial charge in [-0.05, 0) is 42.0 Å². The first-order chi connectivity index (χ1) is 12.2. The Labute approximate surface area is 147 Å². The van der Waals surface area contributed by atoms with Crippen molar-refractivity contribution in [2.75, 3.05) is 6.54 Å². The van der Waals surface area contributed by atoms with E-state index in [1.165, 1.54) is 11.1 Å². The van der Waals surface area contributed by atoms with Crippen molar-refractivity contribution >= 4 is 11.9 Å². The van der Waals surface area contributed by atoms with Crippen LogP contribution >= 0.6 is 0 Å². The largest absolute Gasteiger partial charge is 0.448 e. The molecule has 25 heavy (non-hydrogen) atoms. The van der Waals surface area contributed by atoms with Gasteiger partial charge in [-0.3, -0.25) is 4.79 Å². The van der Waals surface area contributed by atoms with E-state index in [0.29, 0.717) is 24.4 Å². The quantitative estimate of drug-likeness (QED) is 0.877. The van der Waals surface area contributed by atoms with Gasteiger partial charge < -0.3 is 10.1 Å². The fourth-order valence-electron chi connectivity index (χ4n) is 3.88. The second kappa shape index (κ2) is 6.71. The van der Waals surface area contributed by atoms with E-state index in [1.807, 2.05) is 12.1 Å². The molecule has 1 N–H and O–H groups in total. The summed E-state index contributed by atoms with van der Waals surface area (Å²) in [4.78, 5) is 24.6. The zero-order valence-electron chi connectivity index (χ0n) is 14.0. The van der Waals surface area contributed by atoms with Crippen molar-refractivity contribution in [3.63, 3.8) is 0 Å². The van der Waals surface area contributed by atoms with E-state index in [-0.39, 0.29) is 5.91 Å². The number of rotatable bonds is 3. The van der Waals surface area contributed by atoms with Gasteiger partial charge in [0.05, 0.1) is 5.56 Å². The second-order valence-corrected chi connectivity index (χ2v) is 6.79. The molecule has 4 nitrogen and oxygen atoms in total. The SMILES string of the molecule is O=C1O[C@H](C(=O)NC[C@H]2CCCc3ccccc32)Cc2ccccc21. The molecular formula is C21H21NO3. The third-order valence-electron chi connectivity index (χ3n) is 5.20. The average molecular weight is 335 g/mol. The molecule has 0 saturated heterocycles. The fraction of sp³-hybridized carbons (Fsp3) is 0.333. The topological polar surface area (TPSA) is 55.4 Å². The molecule has 1 aliphatic heterocycles. The molecule has 4 rings (SSSR count). The lowest BCUT2D eigenvalue weighted by Crippen LogP contribution is -2.43. The number of aryl methyl sites for hydroxylation is 1. The monoisotopic (exact) mass is 335 g/mol. The van der Waals surface area contributed by atoms with Crippen molar-refractivity contribution in [3.8, 4) is 0 Å². The summed E-state index contributed by atoms with van der Waals surface area (Å²) >= 11 is 0. The van der Waals surface area contributed by atoms with Crippen LogP contribution in [-0.4, -0.2) is 24.5 Å². The molecular weight excluding hydrogens is 314 g/mol. The Hall–Kier alpha value is -2.62. The minimum absolute atomic E-state index is 0.203. The molecule has 128 valence electrons. The van der Waals surface area contributed by atoms with Crippen LogP contribution in [0.5, 0.6) is 0 Å². The van der Waals surface area contributed by atoms with Gasteiger partial charge in [0, 0.05) is 18.9 Å². The van der Waals surface area contributed by atoms with E-state index in [4.69, 9.17) is 4.74 Å². The highest BCUT2D eigenvalue weighted by molar-refractivity contribution is 5.95. The van der Waals surface area contributed by atoms with Crippen molar-refractivity contribution in [2.24, 2.45) is 0 Å². The number of ether oxygens (including phenoxy) is 1. The molecule has 0 fully saturated rings. The van der Waals surface area contributed by atoms with E-state index < -0.39 is 12.1 Å². The van der Waals surface area contributed by atoms with Gasteiger partial charge in [-0.15, -0.1) is 0 Å². The van der Waals surface area contributed by atoms with Crippen molar-refractivity contribution < 1.29 is 14.3 Å². The Kier molecular flexibility index (Phi) is 4.26. The third kappa shape index (κ3) is 3.16. The van der Waals surface area contributed by atoms with Crippen molar-refractivity contribution in [2.45, 2.75) is 37.7 Å². The predicted octanol–water partition coefficient (Wildman–Crippen LogP) is 3.00. The van der Waals surface area contributed by atoms with Crippen LogP contribution in [0.15, 0.2) is 48.5 Å². The van der Waals surface area contributed by atoms with E-state index in [1.54, 1.807) is 12.1 Å². The van der Waals surface area contributed by atoms with E-state index >= 15 is 0 Å². The Morgan fingerprint density at radius 1 is 1.08 bits per heavy atom. The first-order valence-electron chi connectivity index (χ1n) is 8.87. The molecule has 0 radical (unpaired) electrons. The van der Waals surface area contributed by atoms with Gasteiger partial charge in [-0.2, -0.15) is 0 Å². The lowest BCUT2D eigenvalue weighted by Gasteiger charge is -2.27. The molecule has 2 aromatic rings. The van der Waals surface area contributed by atoms with Crippen LogP contribution in [0.3, 0.4) is 0 Å². The van der Waals surface area contributed by atoms with Gasteiger partial charge in [0.15, 0.2) is 6.10 Å². The zero-order chi connectivity index (χ0) is 17.2. The summed E-state index contributed by atoms with van der Waals surface area (Å²) in [5.74, 6) is -0.281. The normalized spacial score (nSPS) is 21.7. The van der Waals surface area contributed by atoms with Gasteiger partial charge in [0.25, 0.3) is 5.91 Å². The van der Waals surface area contributed by atoms with Gasteiger partial charge in [0.1, 0.15) is 0 Å². The van der Waals surface area contributed by atoms with E-state index in [9.17, 15) is 9.59 Å². The maximum atomic E-state index is 12.5. The molecule has 4 heteroatoms. The molecule has 1 heterocycles. The number of fused-ring (bicyclic) bond motifs is 2. The Morgan fingerprint density at radius 2 is 1.84 bits per heavy atom. The standard InChI is InChI=1S/C21H21NO3/c23-20(19-12-15-7-2-4-11-18(15)21(24)25-19)22-13-16-9-5-8-14-6-1-3-10-17(14)16/h1-4,6-7,10-11,16,19H,5,8-9,12-13H2,(H,22,23)/t16-,19+/m1/s1. The maximum absolute atomic E-state index is 12.5.